The summed E-state index contributed by atoms with van der Waals surface area (Å²) in [6.45, 7) is 5.97. The molecule has 0 fully saturated rings. The zero-order chi connectivity index (χ0) is 14.4. The molecule has 0 saturated heterocycles. The Hall–Kier alpha value is -2.69. The van der Waals surface area contributed by atoms with Crippen LogP contribution in [-0.4, -0.2) is 22.6 Å². The van der Waals surface area contributed by atoms with Crippen LogP contribution in [0.3, 0.4) is 0 Å². The summed E-state index contributed by atoms with van der Waals surface area (Å²) in [5.74, 6) is 0.327. The SMILES string of the molecule is C=CCNC(=O)c1ccc(Nc2ccc(C)cc2)nn1. The minimum atomic E-state index is -0.265. The number of carbonyl (C=O) groups is 1. The molecular formula is C15H16N4O. The predicted octanol–water partition coefficient (Wildman–Crippen LogP) is 2.44. The molecule has 1 aromatic heterocycles. The van der Waals surface area contributed by atoms with Gasteiger partial charge in [-0.2, -0.15) is 0 Å². The number of benzene rings is 1. The van der Waals surface area contributed by atoms with E-state index in [1.165, 1.54) is 5.56 Å². The number of aryl methyl sites for hydroxylation is 1. The molecule has 102 valence electrons. The van der Waals surface area contributed by atoms with Crippen LogP contribution in [0.4, 0.5) is 11.5 Å². The maximum absolute atomic E-state index is 11.6. The fourth-order valence-corrected chi connectivity index (χ4v) is 1.56. The van der Waals surface area contributed by atoms with Gasteiger partial charge in [-0.05, 0) is 31.2 Å². The van der Waals surface area contributed by atoms with Crippen LogP contribution in [0.1, 0.15) is 16.1 Å². The molecule has 0 saturated carbocycles. The van der Waals surface area contributed by atoms with Crippen molar-refractivity contribution >= 4 is 17.4 Å². The molecule has 0 aliphatic heterocycles. The summed E-state index contributed by atoms with van der Waals surface area (Å²) in [6, 6.07) is 11.3. The Bertz CT molecular complexity index is 590. The van der Waals surface area contributed by atoms with Crippen molar-refractivity contribution in [2.45, 2.75) is 6.92 Å². The van der Waals surface area contributed by atoms with E-state index in [0.717, 1.165) is 5.69 Å². The van der Waals surface area contributed by atoms with Crippen LogP contribution in [0, 0.1) is 6.92 Å². The van der Waals surface area contributed by atoms with E-state index in [1.807, 2.05) is 31.2 Å². The van der Waals surface area contributed by atoms with Crippen LogP contribution in [0.2, 0.25) is 0 Å². The highest BCUT2D eigenvalue weighted by molar-refractivity contribution is 5.92. The van der Waals surface area contributed by atoms with Gasteiger partial charge in [0.2, 0.25) is 0 Å². The molecule has 5 heteroatoms. The summed E-state index contributed by atoms with van der Waals surface area (Å²) in [5.41, 5.74) is 2.39. The van der Waals surface area contributed by atoms with E-state index in [0.29, 0.717) is 12.4 Å². The number of nitrogens with zero attached hydrogens (tertiary/aromatic N) is 2. The summed E-state index contributed by atoms with van der Waals surface area (Å²) in [7, 11) is 0. The fraction of sp³-hybridized carbons (Fsp3) is 0.133. The Balaban J connectivity index is 2.02. The standard InChI is InChI=1S/C15H16N4O/c1-3-10-16-15(20)13-8-9-14(19-18-13)17-12-6-4-11(2)5-7-12/h3-9H,1,10H2,2H3,(H,16,20)(H,17,19). The second-order valence-electron chi connectivity index (χ2n) is 4.29. The van der Waals surface area contributed by atoms with E-state index >= 15 is 0 Å². The number of hydrogen-bond acceptors (Lipinski definition) is 4. The molecule has 2 aromatic rings. The molecule has 0 aliphatic carbocycles. The molecule has 1 aromatic carbocycles. The molecule has 5 nitrogen and oxygen atoms in total. The lowest BCUT2D eigenvalue weighted by Crippen LogP contribution is -2.24. The van der Waals surface area contributed by atoms with Crippen molar-refractivity contribution in [1.82, 2.24) is 15.5 Å². The number of nitrogens with one attached hydrogen (secondary N) is 2. The summed E-state index contributed by atoms with van der Waals surface area (Å²) in [6.07, 6.45) is 1.61. The summed E-state index contributed by atoms with van der Waals surface area (Å²) >= 11 is 0. The Morgan fingerprint density at radius 2 is 1.95 bits per heavy atom. The van der Waals surface area contributed by atoms with Gasteiger partial charge in [0, 0.05) is 12.2 Å². The van der Waals surface area contributed by atoms with E-state index in [9.17, 15) is 4.79 Å². The summed E-state index contributed by atoms with van der Waals surface area (Å²) in [4.78, 5) is 11.6. The first-order valence-electron chi connectivity index (χ1n) is 6.25. The van der Waals surface area contributed by atoms with Gasteiger partial charge in [0.15, 0.2) is 11.5 Å². The second kappa shape index (κ2) is 6.47. The van der Waals surface area contributed by atoms with Gasteiger partial charge in [-0.15, -0.1) is 16.8 Å². The van der Waals surface area contributed by atoms with Gasteiger partial charge in [-0.1, -0.05) is 23.8 Å². The zero-order valence-corrected chi connectivity index (χ0v) is 11.3. The lowest BCUT2D eigenvalue weighted by molar-refractivity contribution is 0.0952. The van der Waals surface area contributed by atoms with E-state index in [4.69, 9.17) is 0 Å². The van der Waals surface area contributed by atoms with Crippen LogP contribution in [-0.2, 0) is 0 Å². The Labute approximate surface area is 117 Å². The summed E-state index contributed by atoms with van der Waals surface area (Å²) in [5, 5.41) is 13.6. The molecule has 20 heavy (non-hydrogen) atoms. The third kappa shape index (κ3) is 3.65. The highest BCUT2D eigenvalue weighted by atomic mass is 16.1. The monoisotopic (exact) mass is 268 g/mol. The third-order valence-corrected chi connectivity index (χ3v) is 2.63. The number of aromatic nitrogens is 2. The van der Waals surface area contributed by atoms with Crippen LogP contribution in [0.15, 0.2) is 49.1 Å². The maximum atomic E-state index is 11.6. The number of amides is 1. The average Bonchev–Trinajstić information content (AvgIpc) is 2.48. The van der Waals surface area contributed by atoms with E-state index in [2.05, 4.69) is 27.4 Å². The molecule has 2 rings (SSSR count). The highest BCUT2D eigenvalue weighted by Crippen LogP contribution is 2.14. The first-order valence-corrected chi connectivity index (χ1v) is 6.25. The topological polar surface area (TPSA) is 66.9 Å². The van der Waals surface area contributed by atoms with Gasteiger partial charge in [-0.3, -0.25) is 4.79 Å². The number of hydrogen-bond donors (Lipinski definition) is 2. The number of carbonyl (C=O) groups excluding carboxylic acids is 1. The van der Waals surface area contributed by atoms with Crippen molar-refractivity contribution in [3.8, 4) is 0 Å². The second-order valence-corrected chi connectivity index (χ2v) is 4.29. The smallest absolute Gasteiger partial charge is 0.272 e. The van der Waals surface area contributed by atoms with Gasteiger partial charge in [-0.25, -0.2) is 0 Å². The first kappa shape index (κ1) is 13.7. The van der Waals surface area contributed by atoms with Gasteiger partial charge >= 0.3 is 0 Å². The fourth-order valence-electron chi connectivity index (χ4n) is 1.56. The van der Waals surface area contributed by atoms with Crippen molar-refractivity contribution in [2.24, 2.45) is 0 Å². The maximum Gasteiger partial charge on any atom is 0.272 e. The average molecular weight is 268 g/mol. The molecule has 1 amide bonds. The lowest BCUT2D eigenvalue weighted by Gasteiger charge is -2.06. The third-order valence-electron chi connectivity index (χ3n) is 2.63. The van der Waals surface area contributed by atoms with Crippen LogP contribution in [0.5, 0.6) is 0 Å². The Morgan fingerprint density at radius 3 is 2.55 bits per heavy atom. The largest absolute Gasteiger partial charge is 0.347 e. The predicted molar refractivity (Wildman–Crippen MR) is 79.0 cm³/mol. The minimum Gasteiger partial charge on any atom is -0.347 e. The quantitative estimate of drug-likeness (QED) is 0.817. The van der Waals surface area contributed by atoms with Crippen LogP contribution >= 0.6 is 0 Å². The van der Waals surface area contributed by atoms with Gasteiger partial charge in [0.05, 0.1) is 0 Å². The molecule has 0 unspecified atom stereocenters. The molecule has 0 radical (unpaired) electrons. The number of anilines is 2. The molecule has 0 atom stereocenters. The van der Waals surface area contributed by atoms with Gasteiger partial charge in [0.1, 0.15) is 0 Å². The van der Waals surface area contributed by atoms with Gasteiger partial charge < -0.3 is 10.6 Å². The van der Waals surface area contributed by atoms with Crippen molar-refractivity contribution < 1.29 is 4.79 Å². The minimum absolute atomic E-state index is 0.265. The van der Waals surface area contributed by atoms with E-state index in [-0.39, 0.29) is 11.6 Å². The highest BCUT2D eigenvalue weighted by Gasteiger charge is 2.06. The van der Waals surface area contributed by atoms with Gasteiger partial charge in [0.25, 0.3) is 5.91 Å². The van der Waals surface area contributed by atoms with Crippen LogP contribution in [0.25, 0.3) is 0 Å². The molecule has 1 heterocycles. The Kier molecular flexibility index (Phi) is 4.44. The molecule has 2 N–H and O–H groups in total. The van der Waals surface area contributed by atoms with Crippen LogP contribution < -0.4 is 10.6 Å². The first-order chi connectivity index (χ1) is 9.69. The molecule has 0 aliphatic rings. The van der Waals surface area contributed by atoms with Crippen molar-refractivity contribution in [1.29, 1.82) is 0 Å². The lowest BCUT2D eigenvalue weighted by atomic mass is 10.2. The normalized spacial score (nSPS) is 9.85. The van der Waals surface area contributed by atoms with E-state index in [1.54, 1.807) is 18.2 Å². The molecule has 0 spiro atoms. The van der Waals surface area contributed by atoms with Crippen molar-refractivity contribution in [2.75, 3.05) is 11.9 Å². The molecule has 0 bridgehead atoms. The molecular weight excluding hydrogens is 252 g/mol. The van der Waals surface area contributed by atoms with E-state index < -0.39 is 0 Å². The number of rotatable bonds is 5. The van der Waals surface area contributed by atoms with Crippen molar-refractivity contribution in [3.05, 3.63) is 60.3 Å². The Morgan fingerprint density at radius 1 is 1.20 bits per heavy atom. The zero-order valence-electron chi connectivity index (χ0n) is 11.3. The van der Waals surface area contributed by atoms with Crippen molar-refractivity contribution in [3.63, 3.8) is 0 Å². The summed E-state index contributed by atoms with van der Waals surface area (Å²) < 4.78 is 0.